The molecule has 50 heavy (non-hydrogen) atoms. The summed E-state index contributed by atoms with van der Waals surface area (Å²) in [7, 11) is 0. The quantitative estimate of drug-likeness (QED) is 0.175. The fraction of sp³-hybridized carbons (Fsp3) is 0.122. The lowest BCUT2D eigenvalue weighted by atomic mass is 9.76. The van der Waals surface area contributed by atoms with Crippen LogP contribution >= 0.6 is 0 Å². The van der Waals surface area contributed by atoms with Crippen LogP contribution in [0.15, 0.2) is 164 Å². The zero-order chi connectivity index (χ0) is 33.2. The average Bonchev–Trinajstić information content (AvgIpc) is 3.31. The summed E-state index contributed by atoms with van der Waals surface area (Å²) in [5.74, 6) is 1.24. The number of nitrogens with zero attached hydrogens (tertiary/aromatic N) is 1. The van der Waals surface area contributed by atoms with E-state index in [-0.39, 0.29) is 0 Å². The van der Waals surface area contributed by atoms with Gasteiger partial charge in [-0.05, 0) is 108 Å². The molecule has 2 aliphatic rings. The molecule has 0 fully saturated rings. The van der Waals surface area contributed by atoms with Gasteiger partial charge >= 0.3 is 0 Å². The van der Waals surface area contributed by atoms with E-state index in [9.17, 15) is 0 Å². The van der Waals surface area contributed by atoms with Crippen LogP contribution in [0, 0.1) is 0 Å². The number of benzene rings is 7. The van der Waals surface area contributed by atoms with Crippen LogP contribution in [0.1, 0.15) is 59.8 Å². The fourth-order valence-corrected chi connectivity index (χ4v) is 9.34. The van der Waals surface area contributed by atoms with Gasteiger partial charge in [0.2, 0.25) is 0 Å². The Morgan fingerprint density at radius 1 is 0.440 bits per heavy atom. The van der Waals surface area contributed by atoms with Crippen LogP contribution in [0.25, 0.3) is 66.2 Å². The van der Waals surface area contributed by atoms with Crippen LogP contribution in [0.4, 0.5) is 0 Å². The van der Waals surface area contributed by atoms with E-state index in [2.05, 4.69) is 171 Å². The van der Waals surface area contributed by atoms with Crippen LogP contribution in [0.2, 0.25) is 0 Å². The van der Waals surface area contributed by atoms with Crippen molar-refractivity contribution in [2.45, 2.75) is 37.5 Å². The SMILES string of the molecule is CC1c2ccccc2C2CCC1c1cc(-c3ccc4c(-c5ccccc5)c5ccccc5c(-c5ccccc5)c4c3)ncc1-c1ccccc12. The Morgan fingerprint density at radius 2 is 1.02 bits per heavy atom. The molecule has 7 aromatic carbocycles. The molecule has 0 aliphatic heterocycles. The highest BCUT2D eigenvalue weighted by molar-refractivity contribution is 6.21. The van der Waals surface area contributed by atoms with E-state index in [1.807, 2.05) is 0 Å². The van der Waals surface area contributed by atoms with E-state index in [0.29, 0.717) is 17.8 Å². The summed E-state index contributed by atoms with van der Waals surface area (Å²) >= 11 is 0. The Hall–Kier alpha value is -5.79. The van der Waals surface area contributed by atoms with Gasteiger partial charge in [0.05, 0.1) is 5.69 Å². The number of hydrogen-bond acceptors (Lipinski definition) is 1. The zero-order valence-electron chi connectivity index (χ0n) is 28.2. The van der Waals surface area contributed by atoms with Gasteiger partial charge in [-0.15, -0.1) is 0 Å². The minimum absolute atomic E-state index is 0.410. The Morgan fingerprint density at radius 3 is 1.74 bits per heavy atom. The summed E-state index contributed by atoms with van der Waals surface area (Å²) in [6, 6.07) is 58.4. The smallest absolute Gasteiger partial charge is 0.0705 e. The zero-order valence-corrected chi connectivity index (χ0v) is 28.2. The number of pyridine rings is 1. The molecule has 2 bridgehead atoms. The second kappa shape index (κ2) is 11.7. The first kappa shape index (κ1) is 29.2. The minimum Gasteiger partial charge on any atom is -0.256 e. The highest BCUT2D eigenvalue weighted by Crippen LogP contribution is 2.53. The highest BCUT2D eigenvalue weighted by atomic mass is 14.7. The van der Waals surface area contributed by atoms with E-state index in [4.69, 9.17) is 4.98 Å². The minimum atomic E-state index is 0.410. The van der Waals surface area contributed by atoms with Gasteiger partial charge in [-0.25, -0.2) is 0 Å². The second-order valence-electron chi connectivity index (χ2n) is 14.2. The monoisotopic (exact) mass is 639 g/mol. The van der Waals surface area contributed by atoms with Gasteiger partial charge in [-0.1, -0.05) is 153 Å². The van der Waals surface area contributed by atoms with Crippen LogP contribution < -0.4 is 0 Å². The molecule has 0 amide bonds. The van der Waals surface area contributed by atoms with Gasteiger partial charge in [0.15, 0.2) is 0 Å². The van der Waals surface area contributed by atoms with Crippen LogP contribution in [0.3, 0.4) is 0 Å². The molecule has 1 nitrogen and oxygen atoms in total. The van der Waals surface area contributed by atoms with Gasteiger partial charge in [0, 0.05) is 23.2 Å². The average molecular weight is 640 g/mol. The van der Waals surface area contributed by atoms with E-state index >= 15 is 0 Å². The Balaban J connectivity index is 1.23. The Bertz CT molecular complexity index is 2560. The molecule has 10 rings (SSSR count). The van der Waals surface area contributed by atoms with Crippen molar-refractivity contribution in [3.63, 3.8) is 0 Å². The van der Waals surface area contributed by atoms with Crippen molar-refractivity contribution in [2.24, 2.45) is 0 Å². The molecule has 2 aliphatic carbocycles. The maximum Gasteiger partial charge on any atom is 0.0705 e. The molecule has 8 aromatic rings. The van der Waals surface area contributed by atoms with Gasteiger partial charge in [-0.2, -0.15) is 0 Å². The van der Waals surface area contributed by atoms with Crippen LogP contribution in [0.5, 0.6) is 0 Å². The number of fused-ring (bicyclic) bond motifs is 12. The lowest BCUT2D eigenvalue weighted by Crippen LogP contribution is -2.11. The maximum absolute atomic E-state index is 5.27. The number of hydrogen-bond donors (Lipinski definition) is 0. The van der Waals surface area contributed by atoms with Gasteiger partial charge in [0.1, 0.15) is 0 Å². The molecule has 1 aromatic heterocycles. The van der Waals surface area contributed by atoms with Crippen molar-refractivity contribution in [1.82, 2.24) is 4.98 Å². The first-order valence-corrected chi connectivity index (χ1v) is 18.0. The molecular formula is C49H37N. The summed E-state index contributed by atoms with van der Waals surface area (Å²) < 4.78 is 0. The Kier molecular flexibility index (Phi) is 6.81. The van der Waals surface area contributed by atoms with Crippen molar-refractivity contribution >= 4 is 21.5 Å². The first-order chi connectivity index (χ1) is 24.7. The molecule has 0 N–H and O–H groups in total. The van der Waals surface area contributed by atoms with E-state index in [1.54, 1.807) is 0 Å². The number of rotatable bonds is 3. The third kappa shape index (κ3) is 4.50. The predicted octanol–water partition coefficient (Wildman–Crippen LogP) is 13.2. The van der Waals surface area contributed by atoms with Gasteiger partial charge in [-0.3, -0.25) is 4.98 Å². The summed E-state index contributed by atoms with van der Waals surface area (Å²) in [5, 5.41) is 5.06. The van der Waals surface area contributed by atoms with E-state index in [0.717, 1.165) is 24.1 Å². The molecule has 0 radical (unpaired) electrons. The third-order valence-electron chi connectivity index (χ3n) is 11.6. The summed E-state index contributed by atoms with van der Waals surface area (Å²) in [5.41, 5.74) is 15.7. The van der Waals surface area contributed by atoms with E-state index in [1.165, 1.54) is 77.2 Å². The van der Waals surface area contributed by atoms with E-state index < -0.39 is 0 Å². The van der Waals surface area contributed by atoms with Gasteiger partial charge in [0.25, 0.3) is 0 Å². The largest absolute Gasteiger partial charge is 0.256 e. The standard InChI is InChI=1S/C49H37N/c1-31-35-18-8-9-19-37(35)40-27-26-36(31)44-29-47(50-30-46(44)39-21-11-10-20-38(39)40)34-24-25-43-45(28-34)49(33-16-6-3-7-17-33)42-23-13-12-22-41(42)48(43)32-14-4-2-5-15-32/h2-25,28-31,36,40H,26-27H2,1H3. The topological polar surface area (TPSA) is 12.9 Å². The van der Waals surface area contributed by atoms with Crippen LogP contribution in [-0.2, 0) is 0 Å². The maximum atomic E-state index is 5.27. The molecule has 0 spiro atoms. The first-order valence-electron chi connectivity index (χ1n) is 18.0. The molecule has 0 saturated heterocycles. The molecule has 1 heteroatoms. The lowest BCUT2D eigenvalue weighted by molar-refractivity contribution is 0.523. The second-order valence-corrected chi connectivity index (χ2v) is 14.2. The van der Waals surface area contributed by atoms with Gasteiger partial charge < -0.3 is 0 Å². The van der Waals surface area contributed by atoms with Crippen molar-refractivity contribution in [1.29, 1.82) is 0 Å². The fourth-order valence-electron chi connectivity index (χ4n) is 9.34. The molecule has 0 saturated carbocycles. The molecule has 1 heterocycles. The third-order valence-corrected chi connectivity index (χ3v) is 11.6. The molecule has 238 valence electrons. The van der Waals surface area contributed by atoms with Crippen molar-refractivity contribution in [2.75, 3.05) is 0 Å². The number of aromatic nitrogens is 1. The van der Waals surface area contributed by atoms with Crippen molar-refractivity contribution < 1.29 is 0 Å². The summed E-state index contributed by atoms with van der Waals surface area (Å²) in [6.45, 7) is 2.45. The summed E-state index contributed by atoms with van der Waals surface area (Å²) in [4.78, 5) is 5.27. The predicted molar refractivity (Wildman–Crippen MR) is 210 cm³/mol. The van der Waals surface area contributed by atoms with Crippen LogP contribution in [-0.4, -0.2) is 4.98 Å². The summed E-state index contributed by atoms with van der Waals surface area (Å²) in [6.07, 6.45) is 4.50. The molecular weight excluding hydrogens is 603 g/mol. The lowest BCUT2D eigenvalue weighted by Gasteiger charge is -2.28. The normalized spacial score (nSPS) is 17.7. The molecule has 3 atom stereocenters. The molecule has 3 unspecified atom stereocenters. The Labute approximate surface area is 293 Å². The van der Waals surface area contributed by atoms with Crippen molar-refractivity contribution in [3.05, 3.63) is 186 Å². The van der Waals surface area contributed by atoms with Crippen molar-refractivity contribution in [3.8, 4) is 44.6 Å². The highest BCUT2D eigenvalue weighted by Gasteiger charge is 2.35.